The first kappa shape index (κ1) is 13.5. The highest BCUT2D eigenvalue weighted by atomic mass is 16.3. The van der Waals surface area contributed by atoms with E-state index in [0.29, 0.717) is 12.3 Å². The van der Waals surface area contributed by atoms with Crippen molar-refractivity contribution in [2.45, 2.75) is 39.2 Å². The predicted molar refractivity (Wildman–Crippen MR) is 64.1 cm³/mol. The summed E-state index contributed by atoms with van der Waals surface area (Å²) < 4.78 is 0. The van der Waals surface area contributed by atoms with Gasteiger partial charge >= 0.3 is 0 Å². The van der Waals surface area contributed by atoms with E-state index in [2.05, 4.69) is 24.5 Å². The fourth-order valence-corrected chi connectivity index (χ4v) is 2.09. The third kappa shape index (κ3) is 4.10. The van der Waals surface area contributed by atoms with E-state index < -0.39 is 0 Å². The average molecular weight is 228 g/mol. The highest BCUT2D eigenvalue weighted by molar-refractivity contribution is 5.79. The molecule has 1 rings (SSSR count). The molecule has 1 saturated heterocycles. The van der Waals surface area contributed by atoms with Gasteiger partial charge in [-0.3, -0.25) is 4.79 Å². The minimum atomic E-state index is 0.0967. The number of amides is 1. The second kappa shape index (κ2) is 6.86. The maximum absolute atomic E-state index is 12.0. The Bertz CT molecular complexity index is 213. The molecule has 0 aromatic heterocycles. The fraction of sp³-hybridized carbons (Fsp3) is 0.917. The van der Waals surface area contributed by atoms with Crippen molar-refractivity contribution < 1.29 is 9.90 Å². The quantitative estimate of drug-likeness (QED) is 0.642. The lowest BCUT2D eigenvalue weighted by Crippen LogP contribution is -2.46. The lowest BCUT2D eigenvalue weighted by Gasteiger charge is -2.27. The molecular weight excluding hydrogens is 204 g/mol. The number of carbonyl (C=O) groups excluding carboxylic acids is 1. The summed E-state index contributed by atoms with van der Waals surface area (Å²) >= 11 is 0. The van der Waals surface area contributed by atoms with Gasteiger partial charge in [-0.1, -0.05) is 13.8 Å². The van der Waals surface area contributed by atoms with Crippen LogP contribution in [0.1, 0.15) is 33.1 Å². The van der Waals surface area contributed by atoms with E-state index in [1.54, 1.807) is 0 Å². The molecule has 4 nitrogen and oxygen atoms in total. The molecule has 0 aromatic rings. The Kier molecular flexibility index (Phi) is 5.77. The first-order valence-corrected chi connectivity index (χ1v) is 6.27. The summed E-state index contributed by atoms with van der Waals surface area (Å²) in [6.45, 7) is 6.08. The number of piperidine rings is 1. The summed E-state index contributed by atoms with van der Waals surface area (Å²) in [6.07, 6.45) is 2.69. The highest BCUT2D eigenvalue weighted by Crippen LogP contribution is 2.12. The number of hydrogen-bond donors (Lipinski definition) is 3. The summed E-state index contributed by atoms with van der Waals surface area (Å²) in [5.41, 5.74) is 0. The number of rotatable bonds is 5. The number of aliphatic hydroxyl groups is 1. The zero-order valence-electron chi connectivity index (χ0n) is 10.3. The van der Waals surface area contributed by atoms with E-state index in [4.69, 9.17) is 5.11 Å². The minimum absolute atomic E-state index is 0.0967. The average Bonchev–Trinajstić information content (AvgIpc) is 2.29. The molecule has 0 aliphatic carbocycles. The fourth-order valence-electron chi connectivity index (χ4n) is 2.09. The van der Waals surface area contributed by atoms with Crippen LogP contribution in [0.2, 0.25) is 0 Å². The van der Waals surface area contributed by atoms with Crippen molar-refractivity contribution in [3.05, 3.63) is 0 Å². The van der Waals surface area contributed by atoms with Crippen LogP contribution in [0.5, 0.6) is 0 Å². The maximum Gasteiger partial charge on any atom is 0.224 e. The van der Waals surface area contributed by atoms with Crippen molar-refractivity contribution in [2.75, 3.05) is 19.7 Å². The van der Waals surface area contributed by atoms with Gasteiger partial charge in [0.25, 0.3) is 0 Å². The van der Waals surface area contributed by atoms with Crippen molar-refractivity contribution in [3.8, 4) is 0 Å². The van der Waals surface area contributed by atoms with Gasteiger partial charge in [-0.15, -0.1) is 0 Å². The van der Waals surface area contributed by atoms with Crippen molar-refractivity contribution >= 4 is 5.91 Å². The zero-order chi connectivity index (χ0) is 12.0. The molecule has 2 atom stereocenters. The zero-order valence-corrected chi connectivity index (χ0v) is 10.3. The first-order valence-electron chi connectivity index (χ1n) is 6.27. The molecular formula is C12H24N2O2. The van der Waals surface area contributed by atoms with Gasteiger partial charge in [0.1, 0.15) is 0 Å². The van der Waals surface area contributed by atoms with Gasteiger partial charge in [0.15, 0.2) is 0 Å². The smallest absolute Gasteiger partial charge is 0.224 e. The number of nitrogens with one attached hydrogen (secondary N) is 2. The molecule has 0 saturated carbocycles. The molecule has 1 amide bonds. The van der Waals surface area contributed by atoms with Crippen molar-refractivity contribution in [1.29, 1.82) is 0 Å². The molecule has 2 unspecified atom stereocenters. The van der Waals surface area contributed by atoms with Gasteiger partial charge < -0.3 is 15.7 Å². The standard InChI is InChI=1S/C12H24N2O2/c1-9(2)11(5-7-15)14-12(16)10-4-3-6-13-8-10/h9-11,13,15H,3-8H2,1-2H3,(H,14,16). The lowest BCUT2D eigenvalue weighted by molar-refractivity contribution is -0.126. The van der Waals surface area contributed by atoms with Crippen molar-refractivity contribution in [2.24, 2.45) is 11.8 Å². The molecule has 0 spiro atoms. The molecule has 16 heavy (non-hydrogen) atoms. The van der Waals surface area contributed by atoms with Crippen molar-refractivity contribution in [3.63, 3.8) is 0 Å². The van der Waals surface area contributed by atoms with Gasteiger partial charge in [-0.05, 0) is 31.7 Å². The van der Waals surface area contributed by atoms with Crippen LogP contribution in [0.3, 0.4) is 0 Å². The summed E-state index contributed by atoms with van der Waals surface area (Å²) in [4.78, 5) is 12.0. The Morgan fingerprint density at radius 3 is 2.81 bits per heavy atom. The third-order valence-electron chi connectivity index (χ3n) is 3.24. The van der Waals surface area contributed by atoms with E-state index in [9.17, 15) is 4.79 Å². The molecule has 0 radical (unpaired) electrons. The molecule has 0 aromatic carbocycles. The maximum atomic E-state index is 12.0. The van der Waals surface area contributed by atoms with Gasteiger partial charge in [-0.2, -0.15) is 0 Å². The molecule has 3 N–H and O–H groups in total. The van der Waals surface area contributed by atoms with Crippen LogP contribution in [0.25, 0.3) is 0 Å². The summed E-state index contributed by atoms with van der Waals surface area (Å²) in [5, 5.41) is 15.2. The Morgan fingerprint density at radius 2 is 2.31 bits per heavy atom. The molecule has 4 heteroatoms. The topological polar surface area (TPSA) is 61.4 Å². The van der Waals surface area contributed by atoms with Crippen LogP contribution in [-0.4, -0.2) is 36.8 Å². The first-order chi connectivity index (χ1) is 7.65. The van der Waals surface area contributed by atoms with Gasteiger partial charge in [0.2, 0.25) is 5.91 Å². The normalized spacial score (nSPS) is 23.1. The minimum Gasteiger partial charge on any atom is -0.396 e. The number of aliphatic hydroxyl groups excluding tert-OH is 1. The van der Waals surface area contributed by atoms with Gasteiger partial charge in [0.05, 0.1) is 5.92 Å². The largest absolute Gasteiger partial charge is 0.396 e. The van der Waals surface area contributed by atoms with E-state index in [1.165, 1.54) is 0 Å². The molecule has 1 aliphatic rings. The van der Waals surface area contributed by atoms with Gasteiger partial charge in [0, 0.05) is 19.2 Å². The molecule has 1 aliphatic heterocycles. The number of carbonyl (C=O) groups is 1. The Labute approximate surface area is 97.8 Å². The van der Waals surface area contributed by atoms with Crippen LogP contribution in [0.15, 0.2) is 0 Å². The summed E-state index contributed by atoms with van der Waals surface area (Å²) in [5.74, 6) is 0.612. The second-order valence-corrected chi connectivity index (χ2v) is 4.91. The number of hydrogen-bond acceptors (Lipinski definition) is 3. The van der Waals surface area contributed by atoms with E-state index in [-0.39, 0.29) is 24.5 Å². The molecule has 1 heterocycles. The summed E-state index contributed by atoms with van der Waals surface area (Å²) in [6, 6.07) is 0.0967. The highest BCUT2D eigenvalue weighted by Gasteiger charge is 2.24. The molecule has 0 bridgehead atoms. The lowest BCUT2D eigenvalue weighted by atomic mass is 9.96. The van der Waals surface area contributed by atoms with Crippen LogP contribution in [0.4, 0.5) is 0 Å². The predicted octanol–water partition coefficient (Wildman–Crippen LogP) is 0.509. The van der Waals surface area contributed by atoms with E-state index >= 15 is 0 Å². The Hall–Kier alpha value is -0.610. The monoisotopic (exact) mass is 228 g/mol. The van der Waals surface area contributed by atoms with Crippen molar-refractivity contribution in [1.82, 2.24) is 10.6 Å². The third-order valence-corrected chi connectivity index (χ3v) is 3.24. The molecule has 1 fully saturated rings. The van der Waals surface area contributed by atoms with Gasteiger partial charge in [-0.25, -0.2) is 0 Å². The van der Waals surface area contributed by atoms with Crippen LogP contribution in [0, 0.1) is 11.8 Å². The Balaban J connectivity index is 2.40. The van der Waals surface area contributed by atoms with Crippen LogP contribution < -0.4 is 10.6 Å². The molecule has 94 valence electrons. The SMILES string of the molecule is CC(C)C(CCO)NC(=O)C1CCCNC1. The van der Waals surface area contributed by atoms with Crippen LogP contribution >= 0.6 is 0 Å². The Morgan fingerprint density at radius 1 is 1.56 bits per heavy atom. The van der Waals surface area contributed by atoms with E-state index in [1.807, 2.05) is 0 Å². The summed E-state index contributed by atoms with van der Waals surface area (Å²) in [7, 11) is 0. The van der Waals surface area contributed by atoms with E-state index in [0.717, 1.165) is 25.9 Å². The van der Waals surface area contributed by atoms with Crippen LogP contribution in [-0.2, 0) is 4.79 Å². The second-order valence-electron chi connectivity index (χ2n) is 4.91.